The van der Waals surface area contributed by atoms with Gasteiger partial charge < -0.3 is 10.0 Å². The summed E-state index contributed by atoms with van der Waals surface area (Å²) in [6.45, 7) is 1.79. The number of carboxylic acids is 1. The zero-order chi connectivity index (χ0) is 14.8. The molecule has 4 heteroatoms. The Hall–Kier alpha value is -1.84. The van der Waals surface area contributed by atoms with Crippen LogP contribution in [0.25, 0.3) is 0 Å². The highest BCUT2D eigenvalue weighted by Crippen LogP contribution is 2.45. The van der Waals surface area contributed by atoms with Gasteiger partial charge in [-0.05, 0) is 24.8 Å². The largest absolute Gasteiger partial charge is 0.480 e. The van der Waals surface area contributed by atoms with E-state index >= 15 is 0 Å². The molecule has 1 amide bonds. The van der Waals surface area contributed by atoms with Gasteiger partial charge in [-0.2, -0.15) is 0 Å². The number of carboxylic acid groups (broad SMARTS) is 1. The first-order valence-electron chi connectivity index (χ1n) is 7.08. The molecule has 0 bridgehead atoms. The zero-order valence-electron chi connectivity index (χ0n) is 12.0. The first-order valence-corrected chi connectivity index (χ1v) is 7.08. The summed E-state index contributed by atoms with van der Waals surface area (Å²) >= 11 is 0. The smallest absolute Gasteiger partial charge is 0.326 e. The topological polar surface area (TPSA) is 57.6 Å². The van der Waals surface area contributed by atoms with E-state index in [1.54, 1.807) is 14.0 Å². The van der Waals surface area contributed by atoms with Crippen molar-refractivity contribution >= 4 is 11.9 Å². The van der Waals surface area contributed by atoms with E-state index in [2.05, 4.69) is 0 Å². The molecule has 1 aromatic rings. The molecule has 0 spiro atoms. The van der Waals surface area contributed by atoms with Crippen LogP contribution >= 0.6 is 0 Å². The number of amides is 1. The molecule has 20 heavy (non-hydrogen) atoms. The predicted octanol–water partition coefficient (Wildman–Crippen LogP) is 2.43. The third kappa shape index (κ3) is 2.30. The van der Waals surface area contributed by atoms with Crippen molar-refractivity contribution < 1.29 is 14.7 Å². The van der Waals surface area contributed by atoms with Crippen molar-refractivity contribution in [3.63, 3.8) is 0 Å². The molecule has 1 unspecified atom stereocenters. The summed E-state index contributed by atoms with van der Waals surface area (Å²) in [7, 11) is 1.60. The molecule has 1 fully saturated rings. The summed E-state index contributed by atoms with van der Waals surface area (Å²) < 4.78 is 0. The predicted molar refractivity (Wildman–Crippen MR) is 76.5 cm³/mol. The van der Waals surface area contributed by atoms with Crippen LogP contribution < -0.4 is 0 Å². The zero-order valence-corrected chi connectivity index (χ0v) is 12.0. The normalized spacial score (nSPS) is 17.9. The lowest BCUT2D eigenvalue weighted by Gasteiger charge is -2.44. The maximum atomic E-state index is 12.8. The Morgan fingerprint density at radius 1 is 1.30 bits per heavy atom. The van der Waals surface area contributed by atoms with Crippen LogP contribution in [-0.4, -0.2) is 35.0 Å². The van der Waals surface area contributed by atoms with E-state index in [0.29, 0.717) is 6.42 Å². The third-order valence-electron chi connectivity index (χ3n) is 4.40. The Labute approximate surface area is 119 Å². The highest BCUT2D eigenvalue weighted by molar-refractivity contribution is 5.92. The number of likely N-dealkylation sites (N-methyl/N-ethyl adjacent to an activating group) is 1. The monoisotopic (exact) mass is 275 g/mol. The lowest BCUT2D eigenvalue weighted by atomic mass is 9.63. The Balaban J connectivity index is 2.28. The van der Waals surface area contributed by atoms with E-state index in [1.165, 1.54) is 4.90 Å². The van der Waals surface area contributed by atoms with Gasteiger partial charge in [0.1, 0.15) is 6.04 Å². The van der Waals surface area contributed by atoms with Crippen LogP contribution in [-0.2, 0) is 15.0 Å². The molecule has 1 aromatic carbocycles. The first-order chi connectivity index (χ1) is 9.53. The fourth-order valence-corrected chi connectivity index (χ4v) is 3.01. The second-order valence-electron chi connectivity index (χ2n) is 5.48. The average Bonchev–Trinajstić information content (AvgIpc) is 2.38. The number of benzene rings is 1. The molecule has 108 valence electrons. The Bertz CT molecular complexity index is 494. The van der Waals surface area contributed by atoms with Crippen LogP contribution in [0.4, 0.5) is 0 Å². The summed E-state index contributed by atoms with van der Waals surface area (Å²) in [6, 6.07) is 8.97. The Morgan fingerprint density at radius 3 is 2.30 bits per heavy atom. The molecule has 4 nitrogen and oxygen atoms in total. The highest BCUT2D eigenvalue weighted by atomic mass is 16.4. The molecular weight excluding hydrogens is 254 g/mol. The number of nitrogens with zero attached hydrogens (tertiary/aromatic N) is 1. The number of carbonyl (C=O) groups excluding carboxylic acids is 1. The van der Waals surface area contributed by atoms with Crippen molar-refractivity contribution in [2.75, 3.05) is 7.05 Å². The van der Waals surface area contributed by atoms with E-state index < -0.39 is 17.4 Å². The SMILES string of the molecule is CCC(C(=O)O)N(C)C(=O)C1(c2ccccc2)CCC1. The van der Waals surface area contributed by atoms with Gasteiger partial charge in [-0.25, -0.2) is 4.79 Å². The number of hydrogen-bond acceptors (Lipinski definition) is 2. The molecule has 0 aliphatic heterocycles. The summed E-state index contributed by atoms with van der Waals surface area (Å²) in [4.78, 5) is 25.5. The van der Waals surface area contributed by atoms with Crippen LogP contribution in [0.2, 0.25) is 0 Å². The van der Waals surface area contributed by atoms with Gasteiger partial charge >= 0.3 is 5.97 Å². The van der Waals surface area contributed by atoms with Crippen LogP contribution in [0.1, 0.15) is 38.2 Å². The minimum absolute atomic E-state index is 0.0656. The lowest BCUT2D eigenvalue weighted by Crippen LogP contribution is -2.54. The average molecular weight is 275 g/mol. The molecule has 0 radical (unpaired) electrons. The number of carbonyl (C=O) groups is 2. The minimum atomic E-state index is -0.939. The second kappa shape index (κ2) is 5.65. The minimum Gasteiger partial charge on any atom is -0.480 e. The van der Waals surface area contributed by atoms with Gasteiger partial charge in [-0.3, -0.25) is 4.79 Å². The third-order valence-corrected chi connectivity index (χ3v) is 4.40. The van der Waals surface area contributed by atoms with Gasteiger partial charge in [0.15, 0.2) is 0 Å². The summed E-state index contributed by atoms with van der Waals surface area (Å²) in [5, 5.41) is 9.23. The fourth-order valence-electron chi connectivity index (χ4n) is 3.01. The number of aliphatic carboxylic acids is 1. The molecule has 1 atom stereocenters. The van der Waals surface area contributed by atoms with E-state index in [4.69, 9.17) is 0 Å². The van der Waals surface area contributed by atoms with Crippen molar-refractivity contribution in [3.8, 4) is 0 Å². The van der Waals surface area contributed by atoms with Gasteiger partial charge in [-0.15, -0.1) is 0 Å². The van der Waals surface area contributed by atoms with Gasteiger partial charge in [0, 0.05) is 7.05 Å². The van der Waals surface area contributed by atoms with Crippen LogP contribution in [0.5, 0.6) is 0 Å². The maximum absolute atomic E-state index is 12.8. The van der Waals surface area contributed by atoms with Crippen molar-refractivity contribution in [2.24, 2.45) is 0 Å². The molecular formula is C16H21NO3. The van der Waals surface area contributed by atoms with Gasteiger partial charge in [0.05, 0.1) is 5.41 Å². The van der Waals surface area contributed by atoms with E-state index in [-0.39, 0.29) is 5.91 Å². The van der Waals surface area contributed by atoms with Gasteiger partial charge in [0.25, 0.3) is 0 Å². The molecule has 1 saturated carbocycles. The van der Waals surface area contributed by atoms with Crippen LogP contribution in [0.15, 0.2) is 30.3 Å². The van der Waals surface area contributed by atoms with Crippen LogP contribution in [0.3, 0.4) is 0 Å². The summed E-state index contributed by atoms with van der Waals surface area (Å²) in [5.74, 6) is -1.00. The molecule has 0 aromatic heterocycles. The number of hydrogen-bond donors (Lipinski definition) is 1. The molecule has 1 aliphatic rings. The van der Waals surface area contributed by atoms with E-state index in [0.717, 1.165) is 24.8 Å². The summed E-state index contributed by atoms with van der Waals surface area (Å²) in [6.07, 6.45) is 3.03. The second-order valence-corrected chi connectivity index (χ2v) is 5.48. The van der Waals surface area contributed by atoms with E-state index in [9.17, 15) is 14.7 Å². The molecule has 0 heterocycles. The Morgan fingerprint density at radius 2 is 1.90 bits per heavy atom. The maximum Gasteiger partial charge on any atom is 0.326 e. The van der Waals surface area contributed by atoms with Crippen molar-refractivity contribution in [3.05, 3.63) is 35.9 Å². The summed E-state index contributed by atoms with van der Waals surface area (Å²) in [5.41, 5.74) is 0.488. The van der Waals surface area contributed by atoms with Crippen LogP contribution in [0, 0.1) is 0 Å². The standard InChI is InChI=1S/C16H21NO3/c1-3-13(14(18)19)17(2)15(20)16(10-7-11-16)12-8-5-4-6-9-12/h4-6,8-9,13H,3,7,10-11H2,1-2H3,(H,18,19). The number of rotatable bonds is 5. The quantitative estimate of drug-likeness (QED) is 0.898. The first kappa shape index (κ1) is 14.6. The Kier molecular flexibility index (Phi) is 4.12. The molecule has 1 aliphatic carbocycles. The molecule has 1 N–H and O–H groups in total. The highest BCUT2D eigenvalue weighted by Gasteiger charge is 2.48. The molecule has 0 saturated heterocycles. The van der Waals surface area contributed by atoms with Gasteiger partial charge in [0.2, 0.25) is 5.91 Å². The lowest BCUT2D eigenvalue weighted by molar-refractivity contribution is -0.153. The van der Waals surface area contributed by atoms with Crippen molar-refractivity contribution in [1.29, 1.82) is 0 Å². The van der Waals surface area contributed by atoms with E-state index in [1.807, 2.05) is 30.3 Å². The van der Waals surface area contributed by atoms with Gasteiger partial charge in [-0.1, -0.05) is 43.7 Å². The molecule has 2 rings (SSSR count). The fraction of sp³-hybridized carbons (Fsp3) is 0.500. The van der Waals surface area contributed by atoms with Crippen molar-refractivity contribution in [2.45, 2.75) is 44.1 Å². The van der Waals surface area contributed by atoms with Crippen molar-refractivity contribution in [1.82, 2.24) is 4.90 Å².